The van der Waals surface area contributed by atoms with E-state index in [9.17, 15) is 9.90 Å². The van der Waals surface area contributed by atoms with Crippen LogP contribution >= 0.6 is 23.1 Å². The maximum Gasteiger partial charge on any atom is 0.312 e. The first kappa shape index (κ1) is 11.5. The number of thioether (sulfide) groups is 1. The van der Waals surface area contributed by atoms with Gasteiger partial charge in [-0.15, -0.1) is 11.3 Å². The number of nitrogens with zero attached hydrogens (tertiary/aromatic N) is 1. The lowest BCUT2D eigenvalue weighted by molar-refractivity contribution is -0.139. The SMILES string of the molecule is O=C(O)C1CCCc2sc(C3CCCS3)nc21. The van der Waals surface area contributed by atoms with Crippen molar-refractivity contribution >= 4 is 29.1 Å². The maximum absolute atomic E-state index is 11.2. The van der Waals surface area contributed by atoms with Gasteiger partial charge >= 0.3 is 5.97 Å². The molecule has 2 aliphatic rings. The molecule has 1 aliphatic carbocycles. The highest BCUT2D eigenvalue weighted by Gasteiger charge is 2.32. The number of aliphatic carboxylic acids is 1. The van der Waals surface area contributed by atoms with Crippen LogP contribution in [-0.2, 0) is 11.2 Å². The van der Waals surface area contributed by atoms with E-state index < -0.39 is 5.97 Å². The average molecular weight is 269 g/mol. The molecule has 1 aromatic heterocycles. The largest absolute Gasteiger partial charge is 0.481 e. The minimum Gasteiger partial charge on any atom is -0.481 e. The lowest BCUT2D eigenvalue weighted by Gasteiger charge is -2.16. The van der Waals surface area contributed by atoms with Crippen molar-refractivity contribution < 1.29 is 9.90 Å². The standard InChI is InChI=1S/C12H15NO2S2/c14-12(15)7-3-1-4-8-10(7)13-11(17-8)9-5-2-6-16-9/h7,9H,1-6H2,(H,14,15). The normalized spacial score (nSPS) is 28.0. The molecule has 17 heavy (non-hydrogen) atoms. The van der Waals surface area contributed by atoms with Gasteiger partial charge < -0.3 is 5.11 Å². The number of aryl methyl sites for hydroxylation is 1. The van der Waals surface area contributed by atoms with Gasteiger partial charge in [-0.3, -0.25) is 4.79 Å². The van der Waals surface area contributed by atoms with Crippen LogP contribution in [0.1, 0.15) is 52.4 Å². The molecule has 0 spiro atoms. The molecule has 0 saturated carbocycles. The number of rotatable bonds is 2. The van der Waals surface area contributed by atoms with Crippen LogP contribution in [0.3, 0.4) is 0 Å². The van der Waals surface area contributed by atoms with Crippen molar-refractivity contribution in [2.24, 2.45) is 0 Å². The van der Waals surface area contributed by atoms with Gasteiger partial charge in [0.05, 0.1) is 16.9 Å². The summed E-state index contributed by atoms with van der Waals surface area (Å²) in [5, 5.41) is 10.9. The van der Waals surface area contributed by atoms with E-state index in [1.54, 1.807) is 11.3 Å². The molecule has 0 bridgehead atoms. The summed E-state index contributed by atoms with van der Waals surface area (Å²) in [4.78, 5) is 17.1. The van der Waals surface area contributed by atoms with E-state index in [1.165, 1.54) is 28.5 Å². The molecule has 1 fully saturated rings. The molecule has 0 radical (unpaired) electrons. The molecular formula is C12H15NO2S2. The smallest absolute Gasteiger partial charge is 0.312 e. The fourth-order valence-electron chi connectivity index (χ4n) is 2.59. The van der Waals surface area contributed by atoms with Crippen LogP contribution in [0.2, 0.25) is 0 Å². The highest BCUT2D eigenvalue weighted by atomic mass is 32.2. The number of thiazole rings is 1. The second-order valence-electron chi connectivity index (χ2n) is 4.65. The topological polar surface area (TPSA) is 50.2 Å². The van der Waals surface area contributed by atoms with Crippen molar-refractivity contribution in [2.75, 3.05) is 5.75 Å². The zero-order chi connectivity index (χ0) is 11.8. The molecule has 0 amide bonds. The predicted molar refractivity (Wildman–Crippen MR) is 69.9 cm³/mol. The van der Waals surface area contributed by atoms with Crippen molar-refractivity contribution in [1.82, 2.24) is 4.98 Å². The molecule has 1 aliphatic heterocycles. The van der Waals surface area contributed by atoms with E-state index in [0.29, 0.717) is 5.25 Å². The Morgan fingerprint density at radius 3 is 2.94 bits per heavy atom. The van der Waals surface area contributed by atoms with Crippen LogP contribution in [0.25, 0.3) is 0 Å². The van der Waals surface area contributed by atoms with E-state index in [4.69, 9.17) is 0 Å². The van der Waals surface area contributed by atoms with Gasteiger partial charge in [0.1, 0.15) is 5.01 Å². The number of aromatic nitrogens is 1. The average Bonchev–Trinajstić information content (AvgIpc) is 2.96. The van der Waals surface area contributed by atoms with Gasteiger partial charge in [-0.25, -0.2) is 4.98 Å². The Morgan fingerprint density at radius 1 is 1.35 bits per heavy atom. The van der Waals surface area contributed by atoms with Crippen LogP contribution in [0.4, 0.5) is 0 Å². The Hall–Kier alpha value is -0.550. The molecule has 0 aromatic carbocycles. The monoisotopic (exact) mass is 269 g/mol. The van der Waals surface area contributed by atoms with Gasteiger partial charge in [0.15, 0.2) is 0 Å². The quantitative estimate of drug-likeness (QED) is 0.895. The Balaban J connectivity index is 1.92. The minimum absolute atomic E-state index is 0.352. The molecule has 3 rings (SSSR count). The Kier molecular flexibility index (Phi) is 3.13. The fourth-order valence-corrected chi connectivity index (χ4v) is 5.27. The van der Waals surface area contributed by atoms with E-state index >= 15 is 0 Å². The highest BCUT2D eigenvalue weighted by Crippen LogP contribution is 2.44. The van der Waals surface area contributed by atoms with Crippen molar-refractivity contribution in [3.63, 3.8) is 0 Å². The first-order chi connectivity index (χ1) is 8.25. The summed E-state index contributed by atoms with van der Waals surface area (Å²) in [6.45, 7) is 0. The second-order valence-corrected chi connectivity index (χ2v) is 7.07. The second kappa shape index (κ2) is 4.61. The molecular weight excluding hydrogens is 254 g/mol. The molecule has 2 heterocycles. The van der Waals surface area contributed by atoms with E-state index in [1.807, 2.05) is 11.8 Å². The summed E-state index contributed by atoms with van der Waals surface area (Å²) in [6.07, 6.45) is 5.23. The zero-order valence-electron chi connectivity index (χ0n) is 9.52. The van der Waals surface area contributed by atoms with Crippen LogP contribution in [0.5, 0.6) is 0 Å². The third kappa shape index (κ3) is 2.10. The number of hydrogen-bond acceptors (Lipinski definition) is 4. The number of carbonyl (C=O) groups is 1. The third-order valence-corrected chi connectivity index (χ3v) is 6.25. The van der Waals surface area contributed by atoms with Gasteiger partial charge in [-0.05, 0) is 37.9 Å². The Morgan fingerprint density at radius 2 is 2.24 bits per heavy atom. The molecule has 5 heteroatoms. The lowest BCUT2D eigenvalue weighted by atomic mass is 9.91. The first-order valence-corrected chi connectivity index (χ1v) is 7.96. The summed E-state index contributed by atoms with van der Waals surface area (Å²) >= 11 is 3.73. The van der Waals surface area contributed by atoms with E-state index in [2.05, 4.69) is 4.98 Å². The summed E-state index contributed by atoms with van der Waals surface area (Å²) in [5.41, 5.74) is 0.872. The number of carboxylic acids is 1. The van der Waals surface area contributed by atoms with Crippen LogP contribution < -0.4 is 0 Å². The summed E-state index contributed by atoms with van der Waals surface area (Å²) in [6, 6.07) is 0. The lowest BCUT2D eigenvalue weighted by Crippen LogP contribution is -2.17. The van der Waals surface area contributed by atoms with Gasteiger partial charge in [0.2, 0.25) is 0 Å². The molecule has 2 atom stereocenters. The van der Waals surface area contributed by atoms with Crippen molar-refractivity contribution in [1.29, 1.82) is 0 Å². The third-order valence-electron chi connectivity index (χ3n) is 3.47. The van der Waals surface area contributed by atoms with Gasteiger partial charge in [0.25, 0.3) is 0 Å². The minimum atomic E-state index is -0.707. The molecule has 1 saturated heterocycles. The van der Waals surface area contributed by atoms with Crippen molar-refractivity contribution in [2.45, 2.75) is 43.3 Å². The first-order valence-electron chi connectivity index (χ1n) is 6.09. The Labute approximate surface area is 109 Å². The van der Waals surface area contributed by atoms with Crippen molar-refractivity contribution in [3.8, 4) is 0 Å². The van der Waals surface area contributed by atoms with Gasteiger partial charge in [-0.1, -0.05) is 0 Å². The van der Waals surface area contributed by atoms with Crippen LogP contribution in [0, 0.1) is 0 Å². The zero-order valence-corrected chi connectivity index (χ0v) is 11.1. The number of fused-ring (bicyclic) bond motifs is 1. The molecule has 2 unspecified atom stereocenters. The van der Waals surface area contributed by atoms with Crippen LogP contribution in [0.15, 0.2) is 0 Å². The summed E-state index contributed by atoms with van der Waals surface area (Å²) in [5.74, 6) is 0.161. The van der Waals surface area contributed by atoms with E-state index in [-0.39, 0.29) is 5.92 Å². The fraction of sp³-hybridized carbons (Fsp3) is 0.667. The highest BCUT2D eigenvalue weighted by molar-refractivity contribution is 7.99. The van der Waals surface area contributed by atoms with Gasteiger partial charge in [-0.2, -0.15) is 11.8 Å². The Bertz CT molecular complexity index is 438. The number of hydrogen-bond donors (Lipinski definition) is 1. The predicted octanol–water partition coefficient (Wildman–Crippen LogP) is 3.22. The summed E-state index contributed by atoms with van der Waals surface area (Å²) in [7, 11) is 0. The molecule has 1 N–H and O–H groups in total. The van der Waals surface area contributed by atoms with E-state index in [0.717, 1.165) is 25.0 Å². The van der Waals surface area contributed by atoms with Crippen LogP contribution in [-0.4, -0.2) is 21.8 Å². The maximum atomic E-state index is 11.2. The van der Waals surface area contributed by atoms with Gasteiger partial charge in [0, 0.05) is 4.88 Å². The molecule has 3 nitrogen and oxygen atoms in total. The van der Waals surface area contributed by atoms with Crippen molar-refractivity contribution in [3.05, 3.63) is 15.6 Å². The molecule has 1 aromatic rings. The number of carboxylic acid groups (broad SMARTS) is 1. The summed E-state index contributed by atoms with van der Waals surface area (Å²) < 4.78 is 0. The molecule has 92 valence electrons.